The quantitative estimate of drug-likeness (QED) is 0.637. The topological polar surface area (TPSA) is 66.3 Å². The van der Waals surface area contributed by atoms with Gasteiger partial charge >= 0.3 is 0 Å². The van der Waals surface area contributed by atoms with Gasteiger partial charge in [0.25, 0.3) is 0 Å². The molecular weight excluding hydrogens is 330 g/mol. The van der Waals surface area contributed by atoms with Crippen molar-refractivity contribution in [2.24, 2.45) is 4.99 Å². The number of hydrogen-bond acceptors (Lipinski definition) is 4. The first-order valence-corrected chi connectivity index (χ1v) is 8.63. The second kappa shape index (κ2) is 8.10. The van der Waals surface area contributed by atoms with E-state index in [1.54, 1.807) is 27.3 Å². The van der Waals surface area contributed by atoms with E-state index in [0.717, 1.165) is 30.2 Å². The van der Waals surface area contributed by atoms with Gasteiger partial charge in [-0.1, -0.05) is 18.2 Å². The third-order valence-electron chi connectivity index (χ3n) is 4.57. The van der Waals surface area contributed by atoms with E-state index in [0.29, 0.717) is 18.0 Å². The van der Waals surface area contributed by atoms with E-state index in [9.17, 15) is 5.11 Å². The Bertz CT molecular complexity index is 769. The van der Waals surface area contributed by atoms with E-state index in [1.165, 1.54) is 5.56 Å². The van der Waals surface area contributed by atoms with Crippen molar-refractivity contribution in [2.45, 2.75) is 12.5 Å². The standard InChI is InChI=1S/C20H25N3O3/c1-21-20(23-9-8-14-6-4-5-7-18(14)23)22-13-19(24)15-10-16(25-2)12-17(11-15)26-3/h4-7,10-12,19,24H,8-9,13H2,1-3H3,(H,21,22). The zero-order valence-corrected chi connectivity index (χ0v) is 15.4. The molecular formula is C20H25N3O3. The van der Waals surface area contributed by atoms with Gasteiger partial charge in [0.1, 0.15) is 11.5 Å². The number of rotatable bonds is 5. The first-order valence-electron chi connectivity index (χ1n) is 8.63. The van der Waals surface area contributed by atoms with Crippen molar-refractivity contribution >= 4 is 11.6 Å². The summed E-state index contributed by atoms with van der Waals surface area (Å²) in [7, 11) is 4.94. The monoisotopic (exact) mass is 355 g/mol. The summed E-state index contributed by atoms with van der Waals surface area (Å²) in [5, 5.41) is 13.9. The number of guanidine groups is 1. The van der Waals surface area contributed by atoms with Crippen LogP contribution in [0.4, 0.5) is 5.69 Å². The van der Waals surface area contributed by atoms with Crippen LogP contribution < -0.4 is 19.7 Å². The van der Waals surface area contributed by atoms with Gasteiger partial charge in [0.05, 0.1) is 20.3 Å². The van der Waals surface area contributed by atoms with E-state index in [1.807, 2.05) is 18.2 Å². The lowest BCUT2D eigenvalue weighted by Gasteiger charge is -2.23. The largest absolute Gasteiger partial charge is 0.497 e. The number of aliphatic hydroxyl groups excluding tert-OH is 1. The van der Waals surface area contributed by atoms with Crippen LogP contribution in [0, 0.1) is 0 Å². The molecule has 1 unspecified atom stereocenters. The van der Waals surface area contributed by atoms with Crippen LogP contribution in [0.2, 0.25) is 0 Å². The summed E-state index contributed by atoms with van der Waals surface area (Å²) in [6.07, 6.45) is 0.278. The highest BCUT2D eigenvalue weighted by atomic mass is 16.5. The molecule has 0 spiro atoms. The maximum Gasteiger partial charge on any atom is 0.198 e. The molecule has 2 aromatic rings. The Morgan fingerprint density at radius 2 is 1.88 bits per heavy atom. The van der Waals surface area contributed by atoms with Gasteiger partial charge in [0.15, 0.2) is 5.96 Å². The Hall–Kier alpha value is -2.73. The third kappa shape index (κ3) is 3.75. The van der Waals surface area contributed by atoms with Gasteiger partial charge < -0.3 is 24.8 Å². The summed E-state index contributed by atoms with van der Waals surface area (Å²) in [6.45, 7) is 1.21. The number of fused-ring (bicyclic) bond motifs is 1. The highest BCUT2D eigenvalue weighted by Crippen LogP contribution is 2.28. The number of nitrogens with one attached hydrogen (secondary N) is 1. The number of hydrogen-bond donors (Lipinski definition) is 2. The second-order valence-corrected chi connectivity index (χ2v) is 6.12. The van der Waals surface area contributed by atoms with Crippen LogP contribution in [0.1, 0.15) is 17.2 Å². The lowest BCUT2D eigenvalue weighted by Crippen LogP contribution is -2.42. The van der Waals surface area contributed by atoms with Gasteiger partial charge in [-0.15, -0.1) is 0 Å². The zero-order valence-electron chi connectivity index (χ0n) is 15.4. The van der Waals surface area contributed by atoms with E-state index in [2.05, 4.69) is 33.4 Å². The van der Waals surface area contributed by atoms with Crippen LogP contribution in [-0.4, -0.2) is 45.4 Å². The number of aliphatic hydroxyl groups is 1. The summed E-state index contributed by atoms with van der Waals surface area (Å²) >= 11 is 0. The number of anilines is 1. The van der Waals surface area contributed by atoms with Crippen LogP contribution in [0.3, 0.4) is 0 Å². The third-order valence-corrected chi connectivity index (χ3v) is 4.57. The van der Waals surface area contributed by atoms with Gasteiger partial charge in [-0.2, -0.15) is 0 Å². The molecule has 0 amide bonds. The Morgan fingerprint density at radius 3 is 2.54 bits per heavy atom. The van der Waals surface area contributed by atoms with Gasteiger partial charge in [0.2, 0.25) is 0 Å². The average Bonchev–Trinajstić information content (AvgIpc) is 3.12. The molecule has 0 aromatic heterocycles. The molecule has 2 aromatic carbocycles. The number of benzene rings is 2. The van der Waals surface area contributed by atoms with Crippen LogP contribution >= 0.6 is 0 Å². The predicted molar refractivity (Wildman–Crippen MR) is 103 cm³/mol. The van der Waals surface area contributed by atoms with Crippen LogP contribution in [-0.2, 0) is 6.42 Å². The number of aliphatic imine (C=N–C) groups is 1. The molecule has 1 aliphatic rings. The summed E-state index contributed by atoms with van der Waals surface area (Å²) < 4.78 is 10.5. The average molecular weight is 355 g/mol. The van der Waals surface area contributed by atoms with Crippen molar-refractivity contribution in [1.29, 1.82) is 0 Å². The molecule has 1 atom stereocenters. The molecule has 0 aliphatic carbocycles. The first kappa shape index (κ1) is 18.1. The maximum absolute atomic E-state index is 10.6. The summed E-state index contributed by atoms with van der Waals surface area (Å²) in [6, 6.07) is 13.7. The molecule has 0 fully saturated rings. The van der Waals surface area contributed by atoms with Crippen molar-refractivity contribution in [3.63, 3.8) is 0 Å². The Morgan fingerprint density at radius 1 is 1.19 bits per heavy atom. The van der Waals surface area contributed by atoms with Gasteiger partial charge in [-0.25, -0.2) is 0 Å². The number of nitrogens with zero attached hydrogens (tertiary/aromatic N) is 2. The molecule has 1 heterocycles. The molecule has 26 heavy (non-hydrogen) atoms. The zero-order chi connectivity index (χ0) is 18.5. The molecule has 138 valence electrons. The SMILES string of the molecule is CN=C(NCC(O)c1cc(OC)cc(OC)c1)N1CCc2ccccc21. The smallest absolute Gasteiger partial charge is 0.198 e. The maximum atomic E-state index is 10.6. The van der Waals surface area contributed by atoms with Crippen molar-refractivity contribution in [3.8, 4) is 11.5 Å². The fourth-order valence-corrected chi connectivity index (χ4v) is 3.18. The van der Waals surface area contributed by atoms with Crippen molar-refractivity contribution in [1.82, 2.24) is 5.32 Å². The van der Waals surface area contributed by atoms with Crippen LogP contribution in [0.15, 0.2) is 47.5 Å². The molecule has 0 saturated heterocycles. The number of methoxy groups -OCH3 is 2. The Labute approximate surface area is 154 Å². The van der Waals surface area contributed by atoms with Crippen molar-refractivity contribution < 1.29 is 14.6 Å². The summed E-state index contributed by atoms with van der Waals surface area (Å²) in [4.78, 5) is 6.52. The van der Waals surface area contributed by atoms with Gasteiger partial charge in [-0.05, 0) is 35.7 Å². The molecule has 3 rings (SSSR count). The predicted octanol–water partition coefficient (Wildman–Crippen LogP) is 2.38. The normalized spacial score (nSPS) is 14.8. The van der Waals surface area contributed by atoms with Crippen molar-refractivity contribution in [3.05, 3.63) is 53.6 Å². The molecule has 1 aliphatic heterocycles. The number of ether oxygens (including phenoxy) is 2. The first-order chi connectivity index (χ1) is 12.7. The number of para-hydroxylation sites is 1. The molecule has 0 saturated carbocycles. The fourth-order valence-electron chi connectivity index (χ4n) is 3.18. The minimum atomic E-state index is -0.714. The molecule has 2 N–H and O–H groups in total. The minimum absolute atomic E-state index is 0.335. The molecule has 0 radical (unpaired) electrons. The molecule has 0 bridgehead atoms. The molecule has 6 nitrogen and oxygen atoms in total. The van der Waals surface area contributed by atoms with E-state index in [4.69, 9.17) is 9.47 Å². The lowest BCUT2D eigenvalue weighted by atomic mass is 10.1. The van der Waals surface area contributed by atoms with Crippen LogP contribution in [0.25, 0.3) is 0 Å². The highest BCUT2D eigenvalue weighted by molar-refractivity contribution is 5.97. The lowest BCUT2D eigenvalue weighted by molar-refractivity contribution is 0.180. The van der Waals surface area contributed by atoms with E-state index in [-0.39, 0.29) is 0 Å². The van der Waals surface area contributed by atoms with Gasteiger partial charge in [0, 0.05) is 31.9 Å². The van der Waals surface area contributed by atoms with E-state index < -0.39 is 6.10 Å². The van der Waals surface area contributed by atoms with Crippen molar-refractivity contribution in [2.75, 3.05) is 39.3 Å². The second-order valence-electron chi connectivity index (χ2n) is 6.12. The molecule has 6 heteroatoms. The minimum Gasteiger partial charge on any atom is -0.497 e. The Balaban J connectivity index is 1.70. The van der Waals surface area contributed by atoms with Crippen LogP contribution in [0.5, 0.6) is 11.5 Å². The fraction of sp³-hybridized carbons (Fsp3) is 0.350. The summed E-state index contributed by atoms with van der Waals surface area (Å²) in [5.74, 6) is 2.05. The van der Waals surface area contributed by atoms with Gasteiger partial charge in [-0.3, -0.25) is 4.99 Å². The summed E-state index contributed by atoms with van der Waals surface area (Å²) in [5.41, 5.74) is 3.21. The van der Waals surface area contributed by atoms with E-state index >= 15 is 0 Å². The Kier molecular flexibility index (Phi) is 5.63. The highest BCUT2D eigenvalue weighted by Gasteiger charge is 2.23.